The molecule has 4 atom stereocenters. The van der Waals surface area contributed by atoms with Crippen LogP contribution in [-0.2, 0) is 19.2 Å². The normalized spacial score (nSPS) is 46.7. The number of ether oxygens (including phenoxy) is 2. The average Bonchev–Trinajstić information content (AvgIpc) is 2.63. The van der Waals surface area contributed by atoms with Gasteiger partial charge in [-0.1, -0.05) is 12.8 Å². The Morgan fingerprint density at radius 2 is 1.89 bits per heavy atom. The van der Waals surface area contributed by atoms with E-state index in [1.165, 1.54) is 7.11 Å². The maximum absolute atomic E-state index is 13.2. The van der Waals surface area contributed by atoms with Crippen molar-refractivity contribution in [2.45, 2.75) is 62.4 Å². The highest BCUT2D eigenvalue weighted by Gasteiger charge is 2.70. The smallest absolute Gasteiger partial charge is 0.353 e. The number of halogens is 3. The van der Waals surface area contributed by atoms with E-state index in [1.54, 1.807) is 0 Å². The number of hydrogen-bond acceptors (Lipinski definition) is 4. The molecule has 0 N–H and O–H groups in total. The minimum Gasteiger partial charge on any atom is -0.353 e. The summed E-state index contributed by atoms with van der Waals surface area (Å²) in [7, 11) is 1.35. The average molecular weight is 282 g/mol. The molecule has 1 aliphatic carbocycles. The van der Waals surface area contributed by atoms with Crippen LogP contribution in [0.4, 0.5) is 13.2 Å². The first-order valence-electron chi connectivity index (χ1n) is 6.58. The Balaban J connectivity index is 1.98. The van der Waals surface area contributed by atoms with Crippen molar-refractivity contribution in [3.8, 4) is 0 Å². The molecule has 0 aromatic heterocycles. The molecule has 1 saturated carbocycles. The van der Waals surface area contributed by atoms with Gasteiger partial charge in [-0.15, -0.1) is 0 Å². The second-order valence-corrected chi connectivity index (χ2v) is 5.54. The molecular weight excluding hydrogens is 265 g/mol. The van der Waals surface area contributed by atoms with Crippen LogP contribution >= 0.6 is 0 Å². The second kappa shape index (κ2) is 4.31. The van der Waals surface area contributed by atoms with Crippen LogP contribution in [0.25, 0.3) is 0 Å². The lowest BCUT2D eigenvalue weighted by Crippen LogP contribution is -2.63. The van der Waals surface area contributed by atoms with Gasteiger partial charge in [0.15, 0.2) is 11.9 Å². The molecule has 7 heteroatoms. The Bertz CT molecular complexity index is 357. The molecule has 4 aliphatic rings. The molecule has 3 heterocycles. The molecule has 19 heavy (non-hydrogen) atoms. The number of methoxy groups -OCH3 is 1. The first kappa shape index (κ1) is 13.6. The summed E-state index contributed by atoms with van der Waals surface area (Å²) in [6.45, 7) is 0. The summed E-state index contributed by atoms with van der Waals surface area (Å²) in [5.41, 5.74) is -0.891. The predicted octanol–water partition coefficient (Wildman–Crippen LogP) is 2.92. The summed E-state index contributed by atoms with van der Waals surface area (Å²) in [4.78, 5) is 9.98. The molecule has 0 radical (unpaired) electrons. The van der Waals surface area contributed by atoms with Crippen LogP contribution in [0.3, 0.4) is 0 Å². The zero-order valence-corrected chi connectivity index (χ0v) is 10.7. The van der Waals surface area contributed by atoms with Gasteiger partial charge in [-0.2, -0.15) is 18.1 Å². The van der Waals surface area contributed by atoms with Gasteiger partial charge in [-0.3, -0.25) is 0 Å². The van der Waals surface area contributed by atoms with Crippen molar-refractivity contribution in [3.63, 3.8) is 0 Å². The van der Waals surface area contributed by atoms with Gasteiger partial charge >= 0.3 is 6.18 Å². The third-order valence-corrected chi connectivity index (χ3v) is 4.56. The van der Waals surface area contributed by atoms with Crippen molar-refractivity contribution in [1.29, 1.82) is 0 Å². The number of rotatable bonds is 1. The van der Waals surface area contributed by atoms with Crippen LogP contribution in [0.15, 0.2) is 0 Å². The topological polar surface area (TPSA) is 36.9 Å². The largest absolute Gasteiger partial charge is 0.446 e. The Morgan fingerprint density at radius 1 is 1.11 bits per heavy atom. The third-order valence-electron chi connectivity index (χ3n) is 4.56. The van der Waals surface area contributed by atoms with E-state index in [0.29, 0.717) is 12.8 Å². The number of fused-ring (bicyclic) bond motifs is 3. The van der Waals surface area contributed by atoms with E-state index in [2.05, 4.69) is 0 Å². The molecule has 0 amide bonds. The van der Waals surface area contributed by atoms with E-state index in [1.807, 2.05) is 0 Å². The van der Waals surface area contributed by atoms with Crippen LogP contribution < -0.4 is 0 Å². The Kier molecular flexibility index (Phi) is 3.09. The van der Waals surface area contributed by atoms with E-state index < -0.39 is 23.9 Å². The zero-order chi connectivity index (χ0) is 13.7. The molecular formula is C12H17F3O4. The summed E-state index contributed by atoms with van der Waals surface area (Å²) < 4.78 is 49.9. The molecule has 1 spiro atoms. The van der Waals surface area contributed by atoms with Gasteiger partial charge in [0.25, 0.3) is 5.79 Å². The highest BCUT2D eigenvalue weighted by atomic mass is 19.4. The molecule has 110 valence electrons. The van der Waals surface area contributed by atoms with Crippen molar-refractivity contribution in [2.75, 3.05) is 7.11 Å². The lowest BCUT2D eigenvalue weighted by atomic mass is 9.73. The maximum Gasteiger partial charge on any atom is 0.446 e. The van der Waals surface area contributed by atoms with E-state index >= 15 is 0 Å². The molecule has 4 nitrogen and oxygen atoms in total. The third kappa shape index (κ3) is 1.82. The molecule has 0 aromatic rings. The van der Waals surface area contributed by atoms with E-state index in [4.69, 9.17) is 19.2 Å². The van der Waals surface area contributed by atoms with Crippen LogP contribution in [-0.4, -0.2) is 31.0 Å². The lowest BCUT2D eigenvalue weighted by Gasteiger charge is -2.49. The Morgan fingerprint density at radius 3 is 2.58 bits per heavy atom. The Hall–Kier alpha value is -0.370. The molecule has 2 bridgehead atoms. The van der Waals surface area contributed by atoms with Crippen molar-refractivity contribution in [1.82, 2.24) is 0 Å². The van der Waals surface area contributed by atoms with Crippen molar-refractivity contribution >= 4 is 0 Å². The fourth-order valence-corrected chi connectivity index (χ4v) is 3.49. The molecule has 3 aliphatic heterocycles. The van der Waals surface area contributed by atoms with Gasteiger partial charge in [-0.05, 0) is 25.2 Å². The van der Waals surface area contributed by atoms with Gasteiger partial charge < -0.3 is 9.47 Å². The van der Waals surface area contributed by atoms with Gasteiger partial charge in [0.1, 0.15) is 0 Å². The molecule has 4 rings (SSSR count). The van der Waals surface area contributed by atoms with Gasteiger partial charge in [0.2, 0.25) is 0 Å². The van der Waals surface area contributed by atoms with Crippen molar-refractivity contribution in [2.24, 2.45) is 5.92 Å². The van der Waals surface area contributed by atoms with Crippen molar-refractivity contribution in [3.05, 3.63) is 0 Å². The summed E-state index contributed by atoms with van der Waals surface area (Å²) in [5.74, 6) is -2.70. The van der Waals surface area contributed by atoms with Crippen LogP contribution in [0.2, 0.25) is 0 Å². The second-order valence-electron chi connectivity index (χ2n) is 5.54. The first-order valence-corrected chi connectivity index (χ1v) is 6.58. The Labute approximate surface area is 109 Å². The SMILES string of the molecule is CO[C@@H]1O[C@@]2(C(F)(F)F)CC[C@H]3CCCC[C@]31OO2. The fourth-order valence-electron chi connectivity index (χ4n) is 3.49. The van der Waals surface area contributed by atoms with Crippen LogP contribution in [0.1, 0.15) is 38.5 Å². The first-order chi connectivity index (χ1) is 8.94. The fraction of sp³-hybridized carbons (Fsp3) is 1.00. The minimum atomic E-state index is -4.64. The number of hydrogen-bond donors (Lipinski definition) is 0. The molecule has 0 aromatic carbocycles. The lowest BCUT2D eigenvalue weighted by molar-refractivity contribution is -0.587. The van der Waals surface area contributed by atoms with E-state index in [-0.39, 0.29) is 12.3 Å². The quantitative estimate of drug-likeness (QED) is 0.693. The van der Waals surface area contributed by atoms with Crippen molar-refractivity contribution < 1.29 is 32.4 Å². The van der Waals surface area contributed by atoms with E-state index in [9.17, 15) is 13.2 Å². The predicted molar refractivity (Wildman–Crippen MR) is 56.8 cm³/mol. The van der Waals surface area contributed by atoms with Gasteiger partial charge in [0, 0.05) is 13.5 Å². The summed E-state index contributed by atoms with van der Waals surface area (Å²) >= 11 is 0. The standard InChI is InChI=1S/C12H17F3O4/c1-16-9-10-6-3-2-4-8(10)5-7-11(17-9,19-18-10)12(13,14)15/h8-9H,2-7H2,1H3/t8-,9-,10+,11+/m1/s1. The number of alkyl halides is 3. The minimum absolute atomic E-state index is 0.0158. The van der Waals surface area contributed by atoms with Crippen LogP contribution in [0.5, 0.6) is 0 Å². The monoisotopic (exact) mass is 282 g/mol. The maximum atomic E-state index is 13.2. The van der Waals surface area contributed by atoms with Gasteiger partial charge in [-0.25, -0.2) is 4.89 Å². The summed E-state index contributed by atoms with van der Waals surface area (Å²) in [6.07, 6.45) is -2.26. The van der Waals surface area contributed by atoms with E-state index in [0.717, 1.165) is 19.3 Å². The van der Waals surface area contributed by atoms with Crippen LogP contribution in [0, 0.1) is 5.92 Å². The molecule has 4 fully saturated rings. The highest BCUT2D eigenvalue weighted by Crippen LogP contribution is 2.55. The summed E-state index contributed by atoms with van der Waals surface area (Å²) in [5, 5.41) is 0. The molecule has 0 unspecified atom stereocenters. The zero-order valence-electron chi connectivity index (χ0n) is 10.7. The molecule has 3 saturated heterocycles. The van der Waals surface area contributed by atoms with Gasteiger partial charge in [0.05, 0.1) is 0 Å². The summed E-state index contributed by atoms with van der Waals surface area (Å²) in [6, 6.07) is 0. The highest BCUT2D eigenvalue weighted by molar-refractivity contribution is 5.01.